The van der Waals surface area contributed by atoms with E-state index in [1.165, 1.54) is 0 Å². The zero-order valence-corrected chi connectivity index (χ0v) is 19.0. The van der Waals surface area contributed by atoms with Gasteiger partial charge in [-0.05, 0) is 20.8 Å². The van der Waals surface area contributed by atoms with Gasteiger partial charge in [0.1, 0.15) is 5.60 Å². The van der Waals surface area contributed by atoms with Crippen LogP contribution in [0.4, 0.5) is 4.79 Å². The van der Waals surface area contributed by atoms with Crippen LogP contribution in [0, 0.1) is 0 Å². The van der Waals surface area contributed by atoms with Gasteiger partial charge in [-0.3, -0.25) is 9.59 Å². The number of carbonyl (C=O) groups is 4. The van der Waals surface area contributed by atoms with Gasteiger partial charge in [0, 0.05) is 19.4 Å². The van der Waals surface area contributed by atoms with Gasteiger partial charge in [-0.15, -0.1) is 5.06 Å². The van der Waals surface area contributed by atoms with Crippen molar-refractivity contribution >= 4 is 23.9 Å². The normalized spacial score (nSPS) is 14.0. The van der Waals surface area contributed by atoms with Crippen LogP contribution in [0.2, 0.25) is 0 Å². The number of amides is 3. The maximum absolute atomic E-state index is 11.6. The molecular weight excluding hydrogens is 428 g/mol. The molecule has 0 bridgehead atoms. The van der Waals surface area contributed by atoms with E-state index in [1.54, 1.807) is 20.8 Å². The molecule has 3 amide bonds. The smallest absolute Gasteiger partial charge is 0.407 e. The molecule has 0 spiro atoms. The minimum Gasteiger partial charge on any atom is -0.444 e. The fraction of sp³-hybridized carbons (Fsp3) is 0.800. The zero-order chi connectivity index (χ0) is 23.8. The monoisotopic (exact) mass is 462 g/mol. The maximum atomic E-state index is 11.6. The van der Waals surface area contributed by atoms with Gasteiger partial charge < -0.3 is 33.8 Å². The van der Waals surface area contributed by atoms with Crippen molar-refractivity contribution in [3.63, 3.8) is 0 Å². The van der Waals surface area contributed by atoms with Crippen molar-refractivity contribution in [2.45, 2.75) is 45.6 Å². The lowest BCUT2D eigenvalue weighted by Crippen LogP contribution is -2.34. The highest BCUT2D eigenvalue weighted by atomic mass is 16.7. The van der Waals surface area contributed by atoms with Gasteiger partial charge in [0.25, 0.3) is 11.8 Å². The molecule has 0 aromatic carbocycles. The minimum absolute atomic E-state index is 0.0595. The van der Waals surface area contributed by atoms with Gasteiger partial charge in [0.15, 0.2) is 0 Å². The van der Waals surface area contributed by atoms with Crippen LogP contribution in [0.1, 0.15) is 40.0 Å². The molecular formula is C20H34N2O10. The number of hydrogen-bond acceptors (Lipinski definition) is 10. The molecule has 1 heterocycles. The predicted octanol–water partition coefficient (Wildman–Crippen LogP) is 0.575. The Morgan fingerprint density at radius 3 is 1.78 bits per heavy atom. The quantitative estimate of drug-likeness (QED) is 0.256. The first-order valence-corrected chi connectivity index (χ1v) is 10.5. The minimum atomic E-state index is -0.703. The predicted molar refractivity (Wildman–Crippen MR) is 109 cm³/mol. The van der Waals surface area contributed by atoms with E-state index in [9.17, 15) is 19.2 Å². The second kappa shape index (κ2) is 15.5. The first-order chi connectivity index (χ1) is 15.2. The summed E-state index contributed by atoms with van der Waals surface area (Å²) in [5.74, 6) is -1.73. The van der Waals surface area contributed by atoms with E-state index in [2.05, 4.69) is 5.32 Å². The summed E-state index contributed by atoms with van der Waals surface area (Å²) >= 11 is 0. The van der Waals surface area contributed by atoms with Crippen molar-refractivity contribution in [1.29, 1.82) is 0 Å². The summed E-state index contributed by atoms with van der Waals surface area (Å²) in [7, 11) is 0. The number of carbonyl (C=O) groups excluding carboxylic acids is 4. The van der Waals surface area contributed by atoms with E-state index in [0.29, 0.717) is 51.2 Å². The van der Waals surface area contributed by atoms with E-state index in [4.69, 9.17) is 28.5 Å². The summed E-state index contributed by atoms with van der Waals surface area (Å²) in [6, 6.07) is 0. The van der Waals surface area contributed by atoms with Crippen molar-refractivity contribution in [3.05, 3.63) is 0 Å². The van der Waals surface area contributed by atoms with Crippen molar-refractivity contribution < 1.29 is 47.7 Å². The molecule has 12 nitrogen and oxygen atoms in total. The second-order valence-corrected chi connectivity index (χ2v) is 7.67. The van der Waals surface area contributed by atoms with Crippen LogP contribution in [0.15, 0.2) is 0 Å². The van der Waals surface area contributed by atoms with E-state index < -0.39 is 29.5 Å². The summed E-state index contributed by atoms with van der Waals surface area (Å²) in [5.41, 5.74) is -0.528. The van der Waals surface area contributed by atoms with Gasteiger partial charge >= 0.3 is 12.1 Å². The number of rotatable bonds is 16. The number of ether oxygens (including phenoxy) is 5. The Bertz CT molecular complexity index is 590. The third-order valence-electron chi connectivity index (χ3n) is 3.68. The topological polar surface area (TPSA) is 139 Å². The van der Waals surface area contributed by atoms with Crippen LogP contribution in [0.3, 0.4) is 0 Å². The highest BCUT2D eigenvalue weighted by Gasteiger charge is 2.32. The lowest BCUT2D eigenvalue weighted by Gasteiger charge is -2.19. The Morgan fingerprint density at radius 2 is 1.28 bits per heavy atom. The number of nitrogens with zero attached hydrogens (tertiary/aromatic N) is 1. The van der Waals surface area contributed by atoms with Gasteiger partial charge in [-0.1, -0.05) is 0 Å². The molecule has 184 valence electrons. The fourth-order valence-corrected chi connectivity index (χ4v) is 2.26. The SMILES string of the molecule is CC(C)(C)OC(=O)NCCOCCOCCOCCOCCC(=O)ON1C(=O)CCC1=O. The van der Waals surface area contributed by atoms with Crippen LogP contribution in [-0.4, -0.2) is 93.9 Å². The largest absolute Gasteiger partial charge is 0.444 e. The lowest BCUT2D eigenvalue weighted by atomic mass is 10.2. The molecule has 1 N–H and O–H groups in total. The number of nitrogens with one attached hydrogen (secondary N) is 1. The Labute approximate surface area is 187 Å². The number of hydroxylamine groups is 2. The maximum Gasteiger partial charge on any atom is 0.407 e. The van der Waals surface area contributed by atoms with Crippen LogP contribution in [0.25, 0.3) is 0 Å². The molecule has 0 aliphatic carbocycles. The molecule has 32 heavy (non-hydrogen) atoms. The van der Waals surface area contributed by atoms with Crippen LogP contribution < -0.4 is 5.32 Å². The lowest BCUT2D eigenvalue weighted by molar-refractivity contribution is -0.198. The average molecular weight is 462 g/mol. The molecule has 0 unspecified atom stereocenters. The van der Waals surface area contributed by atoms with Crippen LogP contribution in [0.5, 0.6) is 0 Å². The van der Waals surface area contributed by atoms with Crippen LogP contribution >= 0.6 is 0 Å². The second-order valence-electron chi connectivity index (χ2n) is 7.67. The van der Waals surface area contributed by atoms with Crippen molar-refractivity contribution in [3.8, 4) is 0 Å². The Balaban J connectivity index is 1.81. The third-order valence-corrected chi connectivity index (χ3v) is 3.68. The Kier molecular flexibility index (Phi) is 13.5. The standard InChI is InChI=1S/C20H34N2O10/c1-20(2,3)31-19(26)21-7-9-28-11-13-30-15-14-29-12-10-27-8-6-18(25)32-22-16(23)4-5-17(22)24/h4-15H2,1-3H3,(H,21,26). The summed E-state index contributed by atoms with van der Waals surface area (Å²) in [6.07, 6.45) is -0.435. The van der Waals surface area contributed by atoms with Crippen molar-refractivity contribution in [2.75, 3.05) is 59.4 Å². The average Bonchev–Trinajstić information content (AvgIpc) is 3.01. The first kappa shape index (κ1) is 27.8. The molecule has 1 fully saturated rings. The number of imide groups is 1. The Hall–Kier alpha value is -2.28. The van der Waals surface area contributed by atoms with E-state index in [-0.39, 0.29) is 32.5 Å². The highest BCUT2D eigenvalue weighted by molar-refractivity contribution is 6.01. The summed E-state index contributed by atoms with van der Waals surface area (Å²) < 4.78 is 26.3. The number of hydrogen-bond donors (Lipinski definition) is 1. The molecule has 1 aliphatic heterocycles. The van der Waals surface area contributed by atoms with E-state index >= 15 is 0 Å². The van der Waals surface area contributed by atoms with Gasteiger partial charge in [0.2, 0.25) is 0 Å². The number of alkyl carbamates (subject to hydrolysis) is 1. The molecule has 0 aromatic heterocycles. The zero-order valence-electron chi connectivity index (χ0n) is 19.0. The summed E-state index contributed by atoms with van der Waals surface area (Å²) in [4.78, 5) is 50.3. The van der Waals surface area contributed by atoms with Gasteiger partial charge in [-0.2, -0.15) is 0 Å². The van der Waals surface area contributed by atoms with Gasteiger partial charge in [-0.25, -0.2) is 9.59 Å². The molecule has 1 rings (SSSR count). The van der Waals surface area contributed by atoms with Crippen molar-refractivity contribution in [2.24, 2.45) is 0 Å². The summed E-state index contributed by atoms with van der Waals surface area (Å²) in [5, 5.41) is 3.10. The molecule has 0 atom stereocenters. The highest BCUT2D eigenvalue weighted by Crippen LogP contribution is 2.12. The summed E-state index contributed by atoms with van der Waals surface area (Å²) in [6.45, 7) is 8.35. The Morgan fingerprint density at radius 1 is 0.812 bits per heavy atom. The molecule has 0 saturated carbocycles. The van der Waals surface area contributed by atoms with E-state index in [0.717, 1.165) is 0 Å². The van der Waals surface area contributed by atoms with E-state index in [1.807, 2.05) is 0 Å². The third kappa shape index (κ3) is 13.9. The molecule has 0 aromatic rings. The molecule has 1 saturated heterocycles. The fourth-order valence-electron chi connectivity index (χ4n) is 2.26. The van der Waals surface area contributed by atoms with Crippen LogP contribution in [-0.2, 0) is 42.9 Å². The molecule has 12 heteroatoms. The molecule has 1 aliphatic rings. The van der Waals surface area contributed by atoms with Crippen molar-refractivity contribution in [1.82, 2.24) is 10.4 Å². The van der Waals surface area contributed by atoms with Gasteiger partial charge in [0.05, 0.1) is 59.3 Å². The molecule has 0 radical (unpaired) electrons. The first-order valence-electron chi connectivity index (χ1n) is 10.5.